The zero-order chi connectivity index (χ0) is 14.0. The van der Waals surface area contributed by atoms with Crippen molar-refractivity contribution in [3.8, 4) is 0 Å². The Morgan fingerprint density at radius 1 is 1.30 bits per heavy atom. The van der Waals surface area contributed by atoms with Gasteiger partial charge in [0.1, 0.15) is 0 Å². The first kappa shape index (κ1) is 14.1. The summed E-state index contributed by atoms with van der Waals surface area (Å²) < 4.78 is 6.22. The fraction of sp³-hybridized carbons (Fsp3) is 0.667. The van der Waals surface area contributed by atoms with Crippen molar-refractivity contribution in [2.45, 2.75) is 57.6 Å². The molecule has 2 fully saturated rings. The van der Waals surface area contributed by atoms with Gasteiger partial charge in [-0.05, 0) is 36.3 Å². The van der Waals surface area contributed by atoms with E-state index in [2.05, 4.69) is 43.4 Å². The maximum absolute atomic E-state index is 6.22. The average Bonchev–Trinajstić information content (AvgIpc) is 2.48. The summed E-state index contributed by atoms with van der Waals surface area (Å²) in [4.78, 5) is 0. The summed E-state index contributed by atoms with van der Waals surface area (Å²) in [6.07, 6.45) is 6.60. The van der Waals surface area contributed by atoms with Gasteiger partial charge in [0, 0.05) is 12.1 Å². The average molecular weight is 273 g/mol. The standard InChI is InChI=1S/C18H27NO/c1-3-15-6-8-16(9-7-15)17-12-19-18(13-20-17)10-4-5-14(2)11-18/h6-9,14,17,19H,3-5,10-13H2,1-2H3. The molecule has 0 amide bonds. The van der Waals surface area contributed by atoms with Crippen molar-refractivity contribution in [2.24, 2.45) is 5.92 Å². The van der Waals surface area contributed by atoms with Gasteiger partial charge in [0.25, 0.3) is 0 Å². The molecule has 1 spiro atoms. The molecular weight excluding hydrogens is 246 g/mol. The van der Waals surface area contributed by atoms with Crippen molar-refractivity contribution in [1.82, 2.24) is 5.32 Å². The van der Waals surface area contributed by atoms with E-state index in [9.17, 15) is 0 Å². The second kappa shape index (κ2) is 5.87. The van der Waals surface area contributed by atoms with E-state index in [0.717, 1.165) is 25.5 Å². The minimum absolute atomic E-state index is 0.226. The molecule has 3 atom stereocenters. The number of nitrogens with one attached hydrogen (secondary N) is 1. The molecule has 1 aliphatic heterocycles. The predicted molar refractivity (Wildman–Crippen MR) is 82.9 cm³/mol. The SMILES string of the molecule is CCc1ccc(C2CNC3(CCCC(C)C3)CO2)cc1. The molecule has 1 aliphatic carbocycles. The third kappa shape index (κ3) is 2.91. The van der Waals surface area contributed by atoms with E-state index in [1.165, 1.54) is 36.8 Å². The summed E-state index contributed by atoms with van der Waals surface area (Å²) in [5.74, 6) is 0.834. The van der Waals surface area contributed by atoms with Crippen molar-refractivity contribution in [2.75, 3.05) is 13.2 Å². The smallest absolute Gasteiger partial charge is 0.0950 e. The quantitative estimate of drug-likeness (QED) is 0.883. The molecular formula is C18H27NO. The predicted octanol–water partition coefficient (Wildman–Crippen LogP) is 3.86. The first-order valence-corrected chi connectivity index (χ1v) is 8.16. The lowest BCUT2D eigenvalue weighted by molar-refractivity contribution is -0.0527. The molecule has 20 heavy (non-hydrogen) atoms. The van der Waals surface area contributed by atoms with Crippen molar-refractivity contribution < 1.29 is 4.74 Å². The highest BCUT2D eigenvalue weighted by Gasteiger charge is 2.39. The fourth-order valence-electron chi connectivity index (χ4n) is 3.81. The number of rotatable bonds is 2. The van der Waals surface area contributed by atoms with E-state index in [1.807, 2.05) is 0 Å². The molecule has 3 unspecified atom stereocenters. The highest BCUT2D eigenvalue weighted by molar-refractivity contribution is 5.25. The lowest BCUT2D eigenvalue weighted by atomic mass is 9.76. The fourth-order valence-corrected chi connectivity index (χ4v) is 3.81. The zero-order valence-electron chi connectivity index (χ0n) is 12.8. The minimum Gasteiger partial charge on any atom is -0.370 e. The molecule has 0 radical (unpaired) electrons. The van der Waals surface area contributed by atoms with Gasteiger partial charge >= 0.3 is 0 Å². The van der Waals surface area contributed by atoms with E-state index in [1.54, 1.807) is 0 Å². The first-order chi connectivity index (χ1) is 9.71. The van der Waals surface area contributed by atoms with Crippen LogP contribution in [0.1, 0.15) is 56.8 Å². The minimum atomic E-state index is 0.226. The van der Waals surface area contributed by atoms with Gasteiger partial charge in [0.15, 0.2) is 0 Å². The lowest BCUT2D eigenvalue weighted by Gasteiger charge is -2.45. The Kier molecular flexibility index (Phi) is 4.13. The van der Waals surface area contributed by atoms with E-state index < -0.39 is 0 Å². The van der Waals surface area contributed by atoms with Crippen LogP contribution >= 0.6 is 0 Å². The van der Waals surface area contributed by atoms with Crippen LogP contribution in [0.15, 0.2) is 24.3 Å². The number of morpholine rings is 1. The summed E-state index contributed by atoms with van der Waals surface area (Å²) in [5.41, 5.74) is 2.97. The molecule has 0 aromatic heterocycles. The number of aryl methyl sites for hydroxylation is 1. The van der Waals surface area contributed by atoms with Crippen LogP contribution in [-0.2, 0) is 11.2 Å². The van der Waals surface area contributed by atoms with Crippen LogP contribution in [0.25, 0.3) is 0 Å². The Morgan fingerprint density at radius 2 is 2.10 bits per heavy atom. The van der Waals surface area contributed by atoms with Gasteiger partial charge in [-0.2, -0.15) is 0 Å². The second-order valence-corrected chi connectivity index (χ2v) is 6.76. The third-order valence-corrected chi connectivity index (χ3v) is 5.07. The largest absolute Gasteiger partial charge is 0.370 e. The van der Waals surface area contributed by atoms with Crippen molar-refractivity contribution in [1.29, 1.82) is 0 Å². The second-order valence-electron chi connectivity index (χ2n) is 6.76. The summed E-state index contributed by atoms with van der Waals surface area (Å²) in [6.45, 7) is 6.40. The number of hydrogen-bond acceptors (Lipinski definition) is 2. The van der Waals surface area contributed by atoms with Crippen LogP contribution < -0.4 is 5.32 Å². The van der Waals surface area contributed by atoms with E-state index >= 15 is 0 Å². The van der Waals surface area contributed by atoms with Crippen LogP contribution in [0.5, 0.6) is 0 Å². The summed E-state index contributed by atoms with van der Waals surface area (Å²) in [7, 11) is 0. The molecule has 0 bridgehead atoms. The number of hydrogen-bond donors (Lipinski definition) is 1. The summed E-state index contributed by atoms with van der Waals surface area (Å²) in [5, 5.41) is 3.82. The van der Waals surface area contributed by atoms with Crippen LogP contribution in [0, 0.1) is 5.92 Å². The van der Waals surface area contributed by atoms with Gasteiger partial charge in [-0.1, -0.05) is 51.0 Å². The topological polar surface area (TPSA) is 21.3 Å². The first-order valence-electron chi connectivity index (χ1n) is 8.16. The third-order valence-electron chi connectivity index (χ3n) is 5.07. The van der Waals surface area contributed by atoms with Crippen molar-refractivity contribution >= 4 is 0 Å². The van der Waals surface area contributed by atoms with E-state index in [4.69, 9.17) is 4.74 Å². The summed E-state index contributed by atoms with van der Waals surface area (Å²) in [6, 6.07) is 8.91. The Balaban J connectivity index is 1.62. The summed E-state index contributed by atoms with van der Waals surface area (Å²) >= 11 is 0. The van der Waals surface area contributed by atoms with E-state index in [0.29, 0.717) is 0 Å². The van der Waals surface area contributed by atoms with Crippen LogP contribution in [0.4, 0.5) is 0 Å². The van der Waals surface area contributed by atoms with Gasteiger partial charge in [0.2, 0.25) is 0 Å². The maximum atomic E-state index is 6.22. The molecule has 1 N–H and O–H groups in total. The van der Waals surface area contributed by atoms with Gasteiger partial charge < -0.3 is 10.1 Å². The molecule has 2 heteroatoms. The monoisotopic (exact) mass is 273 g/mol. The molecule has 2 aliphatic rings. The van der Waals surface area contributed by atoms with Crippen LogP contribution in [0.3, 0.4) is 0 Å². The molecule has 2 nitrogen and oxygen atoms in total. The molecule has 1 heterocycles. The van der Waals surface area contributed by atoms with Crippen molar-refractivity contribution in [3.05, 3.63) is 35.4 Å². The highest BCUT2D eigenvalue weighted by Crippen LogP contribution is 2.36. The highest BCUT2D eigenvalue weighted by atomic mass is 16.5. The Bertz CT molecular complexity index is 431. The lowest BCUT2D eigenvalue weighted by Crippen LogP contribution is -2.56. The van der Waals surface area contributed by atoms with Gasteiger partial charge in [-0.15, -0.1) is 0 Å². The zero-order valence-corrected chi connectivity index (χ0v) is 12.8. The normalized spacial score (nSPS) is 34.3. The van der Waals surface area contributed by atoms with Crippen LogP contribution in [0.2, 0.25) is 0 Å². The van der Waals surface area contributed by atoms with Crippen molar-refractivity contribution in [3.63, 3.8) is 0 Å². The Labute approximate surface area is 122 Å². The number of ether oxygens (including phenoxy) is 1. The molecule has 1 saturated carbocycles. The Hall–Kier alpha value is -0.860. The number of benzene rings is 1. The molecule has 110 valence electrons. The van der Waals surface area contributed by atoms with Crippen LogP contribution in [-0.4, -0.2) is 18.7 Å². The molecule has 1 aromatic rings. The van der Waals surface area contributed by atoms with Gasteiger partial charge in [-0.3, -0.25) is 0 Å². The maximum Gasteiger partial charge on any atom is 0.0950 e. The van der Waals surface area contributed by atoms with E-state index in [-0.39, 0.29) is 11.6 Å². The molecule has 3 rings (SSSR count). The van der Waals surface area contributed by atoms with Gasteiger partial charge in [0.05, 0.1) is 12.7 Å². The molecule has 1 aromatic carbocycles. The Morgan fingerprint density at radius 3 is 2.70 bits per heavy atom. The van der Waals surface area contributed by atoms with Gasteiger partial charge in [-0.25, -0.2) is 0 Å². The molecule has 1 saturated heterocycles.